The molecule has 2 rings (SSSR count). The minimum absolute atomic E-state index is 0.232. The Balaban J connectivity index is 2.16. The molecule has 18 heavy (non-hydrogen) atoms. The fourth-order valence-corrected chi connectivity index (χ4v) is 1.35. The predicted molar refractivity (Wildman–Crippen MR) is 67.0 cm³/mol. The fraction of sp³-hybridized carbons (Fsp3) is 0.167. The summed E-state index contributed by atoms with van der Waals surface area (Å²) in [5.74, 6) is 2.61. The normalized spacial score (nSPS) is 9.72. The maximum atomic E-state index is 11.7. The van der Waals surface area contributed by atoms with E-state index in [1.807, 2.05) is 18.2 Å². The standard InChI is InChI=1S/C12H11N5O/c1-2-6-14-11-15-9-17(12(18)16-11)8-10-5-3-4-7-13-10/h1,3-5,7,9H,6,8H2,(H,14,16,18). The van der Waals surface area contributed by atoms with Gasteiger partial charge in [0.25, 0.3) is 0 Å². The van der Waals surface area contributed by atoms with E-state index in [1.165, 1.54) is 10.9 Å². The lowest BCUT2D eigenvalue weighted by Gasteiger charge is -2.05. The van der Waals surface area contributed by atoms with E-state index in [0.717, 1.165) is 5.69 Å². The Morgan fingerprint density at radius 2 is 2.28 bits per heavy atom. The number of hydrogen-bond acceptors (Lipinski definition) is 5. The van der Waals surface area contributed by atoms with Gasteiger partial charge in [0.05, 0.1) is 18.8 Å². The second-order valence-corrected chi connectivity index (χ2v) is 3.47. The fourth-order valence-electron chi connectivity index (χ4n) is 1.35. The first-order chi connectivity index (χ1) is 8.79. The van der Waals surface area contributed by atoms with Gasteiger partial charge in [-0.1, -0.05) is 12.0 Å². The second kappa shape index (κ2) is 5.59. The molecule has 0 amide bonds. The molecule has 2 heterocycles. The summed E-state index contributed by atoms with van der Waals surface area (Å²) < 4.78 is 1.38. The summed E-state index contributed by atoms with van der Waals surface area (Å²) in [6.45, 7) is 0.624. The molecule has 90 valence electrons. The molecule has 0 radical (unpaired) electrons. The van der Waals surface area contributed by atoms with Gasteiger partial charge < -0.3 is 5.32 Å². The molecule has 0 aliphatic rings. The van der Waals surface area contributed by atoms with Crippen molar-refractivity contribution >= 4 is 5.95 Å². The van der Waals surface area contributed by atoms with Crippen LogP contribution in [0.5, 0.6) is 0 Å². The Kier molecular flexibility index (Phi) is 3.66. The zero-order valence-corrected chi connectivity index (χ0v) is 9.58. The van der Waals surface area contributed by atoms with Crippen LogP contribution < -0.4 is 11.0 Å². The van der Waals surface area contributed by atoms with Crippen LogP contribution in [0.15, 0.2) is 35.5 Å². The highest BCUT2D eigenvalue weighted by molar-refractivity contribution is 5.23. The van der Waals surface area contributed by atoms with Crippen molar-refractivity contribution in [2.45, 2.75) is 6.54 Å². The van der Waals surface area contributed by atoms with Crippen molar-refractivity contribution in [3.05, 3.63) is 46.9 Å². The Morgan fingerprint density at radius 3 is 2.94 bits per heavy atom. The lowest BCUT2D eigenvalue weighted by atomic mass is 10.3. The number of terminal acetylenes is 1. The van der Waals surface area contributed by atoms with Gasteiger partial charge in [0.2, 0.25) is 5.95 Å². The quantitative estimate of drug-likeness (QED) is 0.770. The molecule has 0 aliphatic carbocycles. The molecule has 1 N–H and O–H groups in total. The van der Waals surface area contributed by atoms with Crippen molar-refractivity contribution in [3.8, 4) is 12.3 Å². The molecular weight excluding hydrogens is 230 g/mol. The van der Waals surface area contributed by atoms with Crippen molar-refractivity contribution in [1.29, 1.82) is 0 Å². The highest BCUT2D eigenvalue weighted by atomic mass is 16.1. The average Bonchev–Trinajstić information content (AvgIpc) is 2.40. The summed E-state index contributed by atoms with van der Waals surface area (Å²) in [4.78, 5) is 23.6. The highest BCUT2D eigenvalue weighted by Gasteiger charge is 2.02. The lowest BCUT2D eigenvalue weighted by Crippen LogP contribution is -2.25. The van der Waals surface area contributed by atoms with Gasteiger partial charge >= 0.3 is 5.69 Å². The van der Waals surface area contributed by atoms with E-state index in [0.29, 0.717) is 6.54 Å². The lowest BCUT2D eigenvalue weighted by molar-refractivity contribution is 0.688. The van der Waals surface area contributed by atoms with Crippen molar-refractivity contribution in [2.75, 3.05) is 11.9 Å². The summed E-state index contributed by atoms with van der Waals surface area (Å²) in [6, 6.07) is 5.50. The van der Waals surface area contributed by atoms with E-state index >= 15 is 0 Å². The molecule has 0 bridgehead atoms. The van der Waals surface area contributed by atoms with Gasteiger partial charge in [-0.2, -0.15) is 4.98 Å². The van der Waals surface area contributed by atoms with E-state index in [1.54, 1.807) is 6.20 Å². The predicted octanol–water partition coefficient (Wildman–Crippen LogP) is 0.127. The van der Waals surface area contributed by atoms with E-state index in [-0.39, 0.29) is 12.5 Å². The second-order valence-electron chi connectivity index (χ2n) is 3.47. The zero-order valence-electron chi connectivity index (χ0n) is 9.58. The molecule has 6 nitrogen and oxygen atoms in total. The van der Waals surface area contributed by atoms with Crippen LogP contribution in [0.3, 0.4) is 0 Å². The molecule has 0 aromatic carbocycles. The van der Waals surface area contributed by atoms with Crippen molar-refractivity contribution in [2.24, 2.45) is 0 Å². The third-order valence-corrected chi connectivity index (χ3v) is 2.17. The van der Waals surface area contributed by atoms with Crippen LogP contribution in [0.25, 0.3) is 0 Å². The van der Waals surface area contributed by atoms with Crippen LogP contribution in [0.2, 0.25) is 0 Å². The molecule has 0 spiro atoms. The van der Waals surface area contributed by atoms with E-state index in [9.17, 15) is 4.79 Å². The Labute approximate surface area is 104 Å². The zero-order chi connectivity index (χ0) is 12.8. The summed E-state index contributed by atoms with van der Waals surface area (Å²) >= 11 is 0. The van der Waals surface area contributed by atoms with Crippen LogP contribution in [0, 0.1) is 12.3 Å². The topological polar surface area (TPSA) is 72.7 Å². The largest absolute Gasteiger partial charge is 0.352 e. The highest BCUT2D eigenvalue weighted by Crippen LogP contribution is 1.96. The molecule has 0 fully saturated rings. The minimum Gasteiger partial charge on any atom is -0.343 e. The molecule has 0 unspecified atom stereocenters. The van der Waals surface area contributed by atoms with Gasteiger partial charge in [-0.3, -0.25) is 9.55 Å². The molecule has 0 saturated carbocycles. The maximum absolute atomic E-state index is 11.7. The van der Waals surface area contributed by atoms with Gasteiger partial charge in [-0.25, -0.2) is 9.78 Å². The Hall–Kier alpha value is -2.68. The number of anilines is 1. The van der Waals surface area contributed by atoms with Gasteiger partial charge in [-0.15, -0.1) is 6.42 Å². The smallest absolute Gasteiger partial charge is 0.343 e. The molecule has 2 aromatic heterocycles. The number of hydrogen-bond donors (Lipinski definition) is 1. The van der Waals surface area contributed by atoms with Crippen LogP contribution >= 0.6 is 0 Å². The summed E-state index contributed by atoms with van der Waals surface area (Å²) in [5, 5.41) is 2.74. The van der Waals surface area contributed by atoms with Crippen LogP contribution in [0.4, 0.5) is 5.95 Å². The molecule has 2 aromatic rings. The first-order valence-electron chi connectivity index (χ1n) is 5.30. The van der Waals surface area contributed by atoms with Crippen molar-refractivity contribution in [3.63, 3.8) is 0 Å². The summed E-state index contributed by atoms with van der Waals surface area (Å²) in [5.41, 5.74) is 0.378. The maximum Gasteiger partial charge on any atom is 0.352 e. The van der Waals surface area contributed by atoms with E-state index in [2.05, 4.69) is 26.2 Å². The third-order valence-electron chi connectivity index (χ3n) is 2.17. The SMILES string of the molecule is C#CCNc1ncn(Cc2ccccn2)c(=O)n1. The molecule has 0 aliphatic heterocycles. The van der Waals surface area contributed by atoms with Crippen LogP contribution in [-0.2, 0) is 6.54 Å². The number of nitrogens with zero attached hydrogens (tertiary/aromatic N) is 4. The van der Waals surface area contributed by atoms with Gasteiger partial charge in [0.1, 0.15) is 6.33 Å². The van der Waals surface area contributed by atoms with E-state index < -0.39 is 5.69 Å². The molecule has 0 saturated heterocycles. The number of rotatable bonds is 4. The molecule has 6 heteroatoms. The number of pyridine rings is 1. The van der Waals surface area contributed by atoms with Gasteiger partial charge in [-0.05, 0) is 12.1 Å². The van der Waals surface area contributed by atoms with Gasteiger partial charge in [0.15, 0.2) is 0 Å². The summed E-state index contributed by atoms with van der Waals surface area (Å²) in [7, 11) is 0. The Bertz CT molecular complexity index is 614. The Morgan fingerprint density at radius 1 is 1.39 bits per heavy atom. The third kappa shape index (κ3) is 2.92. The monoisotopic (exact) mass is 241 g/mol. The molecular formula is C12H11N5O. The first kappa shape index (κ1) is 11.8. The van der Waals surface area contributed by atoms with Crippen LogP contribution in [0.1, 0.15) is 5.69 Å². The van der Waals surface area contributed by atoms with E-state index in [4.69, 9.17) is 6.42 Å². The average molecular weight is 241 g/mol. The van der Waals surface area contributed by atoms with Crippen molar-refractivity contribution in [1.82, 2.24) is 19.5 Å². The minimum atomic E-state index is -0.393. The number of aromatic nitrogens is 4. The summed E-state index contributed by atoms with van der Waals surface area (Å²) in [6.07, 6.45) is 8.18. The van der Waals surface area contributed by atoms with Gasteiger partial charge in [0, 0.05) is 6.20 Å². The number of nitrogens with one attached hydrogen (secondary N) is 1. The first-order valence-corrected chi connectivity index (χ1v) is 5.30. The molecule has 0 atom stereocenters. The van der Waals surface area contributed by atoms with Crippen LogP contribution in [-0.4, -0.2) is 26.1 Å². The van der Waals surface area contributed by atoms with Crippen molar-refractivity contribution < 1.29 is 0 Å².